The number of aliphatic hydroxyl groups is 1. The number of ketones is 2. The maximum absolute atomic E-state index is 14.7. The minimum absolute atomic E-state index is 0.00622. The Morgan fingerprint density at radius 2 is 1.73 bits per heavy atom. The van der Waals surface area contributed by atoms with Gasteiger partial charge in [-0.1, -0.05) is 6.92 Å². The summed E-state index contributed by atoms with van der Waals surface area (Å²) in [6.07, 6.45) is -3.63. The molecule has 332 valence electrons. The quantitative estimate of drug-likeness (QED) is 0.0402. The summed E-state index contributed by atoms with van der Waals surface area (Å²) < 4.78 is 59.8. The van der Waals surface area contributed by atoms with Crippen molar-refractivity contribution >= 4 is 72.4 Å². The molecule has 0 spiro atoms. The average molecular weight is 902 g/mol. The van der Waals surface area contributed by atoms with Gasteiger partial charge in [-0.3, -0.25) is 37.9 Å². The molecule has 25 heteroatoms. The molecule has 2 fully saturated rings. The smallest absolute Gasteiger partial charge is 0.456 e. The van der Waals surface area contributed by atoms with E-state index in [1.165, 1.54) is 6.92 Å². The molecule has 20 nitrogen and oxygen atoms in total. The maximum atomic E-state index is 14.7. The number of amides is 3. The van der Waals surface area contributed by atoms with Gasteiger partial charge in [0.1, 0.15) is 23.5 Å². The number of aromatic nitrogens is 2. The minimum Gasteiger partial charge on any atom is -0.456 e. The Kier molecular flexibility index (Phi) is 20.0. The second-order valence-electron chi connectivity index (χ2n) is 13.8. The van der Waals surface area contributed by atoms with Crippen LogP contribution in [-0.4, -0.2) is 133 Å². The van der Waals surface area contributed by atoms with Crippen LogP contribution in [0.3, 0.4) is 0 Å². The molecule has 0 bridgehead atoms. The summed E-state index contributed by atoms with van der Waals surface area (Å²) in [4.78, 5) is 106. The summed E-state index contributed by atoms with van der Waals surface area (Å²) in [5.41, 5.74) is 4.22. The van der Waals surface area contributed by atoms with Gasteiger partial charge in [-0.15, -0.1) is 0 Å². The number of halogens is 2. The van der Waals surface area contributed by atoms with E-state index in [1.54, 1.807) is 23.5 Å². The lowest BCUT2D eigenvalue weighted by atomic mass is 9.99. The third-order valence-corrected chi connectivity index (χ3v) is 13.0. The van der Waals surface area contributed by atoms with Crippen molar-refractivity contribution in [2.24, 2.45) is 17.6 Å². The number of esters is 1. The first kappa shape index (κ1) is 50.0. The van der Waals surface area contributed by atoms with Gasteiger partial charge in [0.05, 0.1) is 32.2 Å². The first-order valence-corrected chi connectivity index (χ1v) is 22.2. The summed E-state index contributed by atoms with van der Waals surface area (Å²) in [6, 6.07) is 0.944. The monoisotopic (exact) mass is 901 g/mol. The molecule has 2 aliphatic rings. The Bertz CT molecular complexity index is 1750. The number of phosphoric ester groups is 1. The van der Waals surface area contributed by atoms with Gasteiger partial charge in [0.15, 0.2) is 12.7 Å². The molecule has 0 radical (unpaired) electrons. The summed E-state index contributed by atoms with van der Waals surface area (Å²) >= 11 is 3.22. The van der Waals surface area contributed by atoms with E-state index >= 15 is 0 Å². The van der Waals surface area contributed by atoms with Crippen LogP contribution in [0.4, 0.5) is 14.6 Å². The zero-order chi connectivity index (χ0) is 43.9. The van der Waals surface area contributed by atoms with Gasteiger partial charge in [0.2, 0.25) is 18.0 Å². The Labute approximate surface area is 346 Å². The van der Waals surface area contributed by atoms with E-state index in [1.807, 2.05) is 6.92 Å². The lowest BCUT2D eigenvalue weighted by molar-refractivity contribution is -0.147. The van der Waals surface area contributed by atoms with Crippen molar-refractivity contribution in [1.29, 1.82) is 0 Å². The highest BCUT2D eigenvalue weighted by Gasteiger charge is 2.60. The molecule has 59 heavy (non-hydrogen) atoms. The van der Waals surface area contributed by atoms with Crippen molar-refractivity contribution in [3.63, 3.8) is 0 Å². The van der Waals surface area contributed by atoms with Crippen molar-refractivity contribution in [1.82, 2.24) is 14.9 Å². The largest absolute Gasteiger partial charge is 0.469 e. The molecular weight excluding hydrogens is 851 g/mol. The fourth-order valence-corrected chi connectivity index (χ4v) is 9.32. The number of nitrogens with zero attached hydrogens (tertiary/aromatic N) is 2. The zero-order valence-electron chi connectivity index (χ0n) is 32.3. The summed E-state index contributed by atoms with van der Waals surface area (Å²) in [5.74, 6) is -7.30. The third-order valence-electron chi connectivity index (χ3n) is 9.17. The molecule has 4 unspecified atom stereocenters. The van der Waals surface area contributed by atoms with Gasteiger partial charge in [-0.2, -0.15) is 37.3 Å². The van der Waals surface area contributed by atoms with Crippen molar-refractivity contribution in [3.05, 3.63) is 22.7 Å². The van der Waals surface area contributed by atoms with Crippen LogP contribution in [0, 0.1) is 11.8 Å². The molecule has 3 amide bonds. The SMILES string of the molecule is CCC(CSC1CCC1SCC(CC(=O)CCOCCC(C)=O)C(N)=O)C(=O)NCCC(=O)OCC(=O)Nc1ccn([C@@H]2O[C@H](COP(=O)(O)O)[C@@H](O)C2(F)F)c(=O)n1. The number of hydrogen-bond donors (Lipinski definition) is 6. The van der Waals surface area contributed by atoms with Crippen molar-refractivity contribution in [3.8, 4) is 0 Å². The fraction of sp³-hybridized carbons (Fsp3) is 0.706. The second-order valence-corrected chi connectivity index (χ2v) is 17.6. The number of phosphoric acid groups is 1. The number of nitrogens with one attached hydrogen (secondary N) is 2. The summed E-state index contributed by atoms with van der Waals surface area (Å²) in [5, 5.41) is 15.2. The van der Waals surface area contributed by atoms with Gasteiger partial charge >= 0.3 is 25.4 Å². The fourth-order valence-electron chi connectivity index (χ4n) is 5.57. The number of Topliss-reactive ketones (excluding diaryl/α,β-unsaturated/α-hetero) is 2. The number of carbonyl (C=O) groups is 6. The topological polar surface area (TPSA) is 302 Å². The third kappa shape index (κ3) is 16.6. The lowest BCUT2D eigenvalue weighted by Gasteiger charge is -2.37. The molecule has 1 saturated carbocycles. The number of rotatable bonds is 27. The Hall–Kier alpha value is -3.35. The molecule has 1 saturated heterocycles. The van der Waals surface area contributed by atoms with Crippen LogP contribution in [-0.2, 0) is 52.1 Å². The van der Waals surface area contributed by atoms with E-state index < -0.39 is 80.6 Å². The molecule has 2 heterocycles. The summed E-state index contributed by atoms with van der Waals surface area (Å²) in [7, 11) is -5.08. The van der Waals surface area contributed by atoms with E-state index in [9.17, 15) is 52.0 Å². The number of carbonyl (C=O) groups excluding carboxylic acids is 6. The number of ether oxygens (including phenoxy) is 3. The number of thioether (sulfide) groups is 2. The van der Waals surface area contributed by atoms with Crippen molar-refractivity contribution in [2.45, 2.75) is 93.7 Å². The normalized spacial score (nSPS) is 22.1. The van der Waals surface area contributed by atoms with E-state index in [2.05, 4.69) is 20.1 Å². The molecule has 1 aliphatic heterocycles. The second kappa shape index (κ2) is 23.6. The number of hydrogen-bond acceptors (Lipinski definition) is 16. The number of anilines is 1. The van der Waals surface area contributed by atoms with E-state index in [-0.39, 0.29) is 79.3 Å². The molecule has 0 aromatic carbocycles. The van der Waals surface area contributed by atoms with Crippen LogP contribution in [0.25, 0.3) is 0 Å². The lowest BCUT2D eigenvalue weighted by Crippen LogP contribution is -2.42. The van der Waals surface area contributed by atoms with Gasteiger partial charge in [-0.25, -0.2) is 9.36 Å². The van der Waals surface area contributed by atoms with E-state index in [0.717, 1.165) is 25.1 Å². The Balaban J connectivity index is 1.34. The van der Waals surface area contributed by atoms with Gasteiger partial charge in [-0.05, 0) is 32.3 Å². The molecule has 7 atom stereocenters. The summed E-state index contributed by atoms with van der Waals surface area (Å²) in [6.45, 7) is 1.73. The highest BCUT2D eigenvalue weighted by Crippen LogP contribution is 2.45. The number of primary amides is 1. The van der Waals surface area contributed by atoms with E-state index in [4.69, 9.17) is 29.7 Å². The first-order valence-electron chi connectivity index (χ1n) is 18.6. The van der Waals surface area contributed by atoms with Crippen LogP contribution in [0.1, 0.15) is 65.0 Å². The van der Waals surface area contributed by atoms with Gasteiger partial charge in [0, 0.05) is 59.9 Å². The van der Waals surface area contributed by atoms with Gasteiger partial charge < -0.3 is 45.5 Å². The Morgan fingerprint density at radius 1 is 1.08 bits per heavy atom. The van der Waals surface area contributed by atoms with Crippen LogP contribution >= 0.6 is 31.3 Å². The van der Waals surface area contributed by atoms with Crippen LogP contribution < -0.4 is 22.1 Å². The average Bonchev–Trinajstić information content (AvgIpc) is 3.36. The predicted molar refractivity (Wildman–Crippen MR) is 207 cm³/mol. The van der Waals surface area contributed by atoms with Crippen molar-refractivity contribution < 1.29 is 75.7 Å². The Morgan fingerprint density at radius 3 is 2.31 bits per heavy atom. The number of alkyl halides is 2. The van der Waals surface area contributed by atoms with Crippen LogP contribution in [0.2, 0.25) is 0 Å². The standard InChI is InChI=1S/C34H50F2N5O15PS2/c1-3-20(17-58-24-4-5-25(24)59-18-21(30(37)47)14-22(43)9-13-53-12-8-19(2)42)31(48)38-10-6-28(45)54-16-27(44)39-26-7-11-41(33(49)40-26)32-34(35,36)29(46)23(56-32)15-55-57(50,51)52/h7,11,20-21,23-25,29,32,46H,3-6,8-10,12-18H2,1-2H3,(H2,37,47)(H,38,48)(H2,50,51,52)(H,39,40,44,49)/t20?,21?,23-,24?,25?,29-,32-/m1/s1. The van der Waals surface area contributed by atoms with Crippen LogP contribution in [0.5, 0.6) is 0 Å². The highest BCUT2D eigenvalue weighted by atomic mass is 32.2. The molecule has 1 aliphatic carbocycles. The zero-order valence-corrected chi connectivity index (χ0v) is 34.9. The van der Waals surface area contributed by atoms with Crippen molar-refractivity contribution in [2.75, 3.05) is 49.8 Å². The molecule has 7 N–H and O–H groups in total. The molecule has 3 rings (SSSR count). The minimum atomic E-state index is -5.08. The molecular formula is C34H50F2N5O15PS2. The van der Waals surface area contributed by atoms with Crippen LogP contribution in [0.15, 0.2) is 17.1 Å². The molecule has 1 aromatic heterocycles. The number of nitrogens with two attached hydrogens (primary N) is 1. The first-order chi connectivity index (χ1) is 27.7. The van der Waals surface area contributed by atoms with Gasteiger partial charge in [0.25, 0.3) is 5.91 Å². The number of aliphatic hydroxyl groups excluding tert-OH is 1. The predicted octanol–water partition coefficient (Wildman–Crippen LogP) is 0.704. The maximum Gasteiger partial charge on any atom is 0.469 e. The highest BCUT2D eigenvalue weighted by molar-refractivity contribution is 8.04. The van der Waals surface area contributed by atoms with E-state index in [0.29, 0.717) is 22.5 Å². The molecule has 1 aromatic rings.